The first-order valence-corrected chi connectivity index (χ1v) is 6.59. The lowest BCUT2D eigenvalue weighted by Crippen LogP contribution is -2.00. The summed E-state index contributed by atoms with van der Waals surface area (Å²) in [6, 6.07) is 13.8. The molecule has 3 rings (SSSR count). The molecule has 0 fully saturated rings. The van der Waals surface area contributed by atoms with Crippen LogP contribution < -0.4 is 5.32 Å². The van der Waals surface area contributed by atoms with Gasteiger partial charge in [0.15, 0.2) is 0 Å². The van der Waals surface area contributed by atoms with Crippen LogP contribution in [0.3, 0.4) is 0 Å². The van der Waals surface area contributed by atoms with E-state index in [0.717, 1.165) is 23.2 Å². The summed E-state index contributed by atoms with van der Waals surface area (Å²) in [7, 11) is 0. The zero-order valence-corrected chi connectivity index (χ0v) is 11.3. The second-order valence-electron chi connectivity index (χ2n) is 4.87. The number of nitrogens with zero attached hydrogens (tertiary/aromatic N) is 1. The number of hydrogen-bond donors (Lipinski definition) is 2. The van der Waals surface area contributed by atoms with Crippen LogP contribution in [0.25, 0.3) is 10.8 Å². The highest BCUT2D eigenvalue weighted by atomic mass is 16.3. The van der Waals surface area contributed by atoms with Gasteiger partial charge in [-0.15, -0.1) is 0 Å². The minimum absolute atomic E-state index is 0.326. The van der Waals surface area contributed by atoms with E-state index in [9.17, 15) is 5.11 Å². The first-order chi connectivity index (χ1) is 9.74. The molecule has 0 saturated heterocycles. The Morgan fingerprint density at radius 1 is 1.15 bits per heavy atom. The zero-order valence-electron chi connectivity index (χ0n) is 11.3. The standard InChI is InChI=1S/C17H16N2O/c1-12-9-15(5-6-17(12)20)19-11-14-4-2-3-13-10-18-8-7-16(13)14/h2-10,19-20H,11H2,1H3. The molecule has 100 valence electrons. The van der Waals surface area contributed by atoms with E-state index in [0.29, 0.717) is 5.75 Å². The van der Waals surface area contributed by atoms with Crippen LogP contribution in [0.1, 0.15) is 11.1 Å². The molecule has 3 heteroatoms. The van der Waals surface area contributed by atoms with Crippen LogP contribution in [0.15, 0.2) is 54.9 Å². The fourth-order valence-corrected chi connectivity index (χ4v) is 2.31. The Labute approximate surface area is 117 Å². The van der Waals surface area contributed by atoms with Crippen molar-refractivity contribution in [3.63, 3.8) is 0 Å². The van der Waals surface area contributed by atoms with Crippen molar-refractivity contribution in [3.8, 4) is 5.75 Å². The maximum atomic E-state index is 9.54. The Balaban J connectivity index is 1.85. The van der Waals surface area contributed by atoms with E-state index in [1.807, 2.05) is 43.6 Å². The van der Waals surface area contributed by atoms with E-state index in [1.165, 1.54) is 10.9 Å². The predicted molar refractivity (Wildman–Crippen MR) is 81.9 cm³/mol. The summed E-state index contributed by atoms with van der Waals surface area (Å²) in [6.07, 6.45) is 3.69. The van der Waals surface area contributed by atoms with E-state index >= 15 is 0 Å². The quantitative estimate of drug-likeness (QED) is 0.706. The third kappa shape index (κ3) is 2.43. The molecule has 2 aromatic carbocycles. The molecule has 0 saturated carbocycles. The predicted octanol–water partition coefficient (Wildman–Crippen LogP) is 3.86. The van der Waals surface area contributed by atoms with Gasteiger partial charge in [-0.05, 0) is 47.7 Å². The lowest BCUT2D eigenvalue weighted by atomic mass is 10.1. The Hall–Kier alpha value is -2.55. The number of aromatic hydroxyl groups is 1. The lowest BCUT2D eigenvalue weighted by Gasteiger charge is -2.10. The van der Waals surface area contributed by atoms with Crippen LogP contribution in [0.2, 0.25) is 0 Å². The summed E-state index contributed by atoms with van der Waals surface area (Å²) in [5.74, 6) is 0.326. The van der Waals surface area contributed by atoms with Gasteiger partial charge in [0.05, 0.1) is 0 Å². The third-order valence-corrected chi connectivity index (χ3v) is 3.45. The van der Waals surface area contributed by atoms with Crippen molar-refractivity contribution in [2.75, 3.05) is 5.32 Å². The van der Waals surface area contributed by atoms with E-state index in [4.69, 9.17) is 0 Å². The molecule has 3 aromatic rings. The fourth-order valence-electron chi connectivity index (χ4n) is 2.31. The van der Waals surface area contributed by atoms with Gasteiger partial charge in [0.25, 0.3) is 0 Å². The second-order valence-corrected chi connectivity index (χ2v) is 4.87. The number of benzene rings is 2. The molecule has 1 heterocycles. The molecule has 0 radical (unpaired) electrons. The topological polar surface area (TPSA) is 45.2 Å². The summed E-state index contributed by atoms with van der Waals surface area (Å²) >= 11 is 0. The van der Waals surface area contributed by atoms with Crippen LogP contribution >= 0.6 is 0 Å². The molecule has 0 aliphatic carbocycles. The van der Waals surface area contributed by atoms with Crippen LogP contribution in [0, 0.1) is 6.92 Å². The molecule has 0 bridgehead atoms. The first-order valence-electron chi connectivity index (χ1n) is 6.59. The summed E-state index contributed by atoms with van der Waals surface area (Å²) in [4.78, 5) is 4.15. The van der Waals surface area contributed by atoms with Gasteiger partial charge >= 0.3 is 0 Å². The van der Waals surface area contributed by atoms with Gasteiger partial charge in [-0.2, -0.15) is 0 Å². The van der Waals surface area contributed by atoms with E-state index in [2.05, 4.69) is 22.4 Å². The number of nitrogens with one attached hydrogen (secondary N) is 1. The normalized spacial score (nSPS) is 10.7. The molecule has 20 heavy (non-hydrogen) atoms. The fraction of sp³-hybridized carbons (Fsp3) is 0.118. The lowest BCUT2D eigenvalue weighted by molar-refractivity contribution is 0.471. The van der Waals surface area contributed by atoms with Crippen molar-refractivity contribution in [1.82, 2.24) is 4.98 Å². The molecule has 0 atom stereocenters. The maximum Gasteiger partial charge on any atom is 0.118 e. The van der Waals surface area contributed by atoms with Crippen LogP contribution in [0.5, 0.6) is 5.75 Å². The number of fused-ring (bicyclic) bond motifs is 1. The minimum Gasteiger partial charge on any atom is -0.508 e. The first kappa shape index (κ1) is 12.5. The van der Waals surface area contributed by atoms with Gasteiger partial charge in [0.2, 0.25) is 0 Å². The van der Waals surface area contributed by atoms with Gasteiger partial charge in [0, 0.05) is 30.0 Å². The summed E-state index contributed by atoms with van der Waals surface area (Å²) in [6.45, 7) is 2.63. The molecule has 0 unspecified atom stereocenters. The molecule has 0 amide bonds. The third-order valence-electron chi connectivity index (χ3n) is 3.45. The van der Waals surface area contributed by atoms with Gasteiger partial charge in [-0.1, -0.05) is 18.2 Å². The Morgan fingerprint density at radius 3 is 2.90 bits per heavy atom. The smallest absolute Gasteiger partial charge is 0.118 e. The van der Waals surface area contributed by atoms with E-state index < -0.39 is 0 Å². The molecule has 0 spiro atoms. The van der Waals surface area contributed by atoms with Crippen molar-refractivity contribution in [3.05, 3.63) is 66.0 Å². The number of phenols is 1. The maximum absolute atomic E-state index is 9.54. The summed E-state index contributed by atoms with van der Waals surface area (Å²) in [5.41, 5.74) is 3.11. The Bertz CT molecular complexity index is 748. The number of anilines is 1. The van der Waals surface area contributed by atoms with Crippen molar-refractivity contribution in [2.24, 2.45) is 0 Å². The van der Waals surface area contributed by atoms with Crippen LogP contribution in [0.4, 0.5) is 5.69 Å². The van der Waals surface area contributed by atoms with Crippen molar-refractivity contribution < 1.29 is 5.11 Å². The summed E-state index contributed by atoms with van der Waals surface area (Å²) < 4.78 is 0. The molecule has 0 aliphatic rings. The molecule has 2 N–H and O–H groups in total. The van der Waals surface area contributed by atoms with Crippen molar-refractivity contribution in [1.29, 1.82) is 0 Å². The number of pyridine rings is 1. The van der Waals surface area contributed by atoms with Gasteiger partial charge < -0.3 is 10.4 Å². The monoisotopic (exact) mass is 264 g/mol. The largest absolute Gasteiger partial charge is 0.508 e. The average Bonchev–Trinajstić information content (AvgIpc) is 2.48. The Kier molecular flexibility index (Phi) is 3.25. The van der Waals surface area contributed by atoms with Gasteiger partial charge in [-0.25, -0.2) is 0 Å². The van der Waals surface area contributed by atoms with Gasteiger partial charge in [0.1, 0.15) is 5.75 Å². The highest BCUT2D eigenvalue weighted by Crippen LogP contribution is 2.22. The Morgan fingerprint density at radius 2 is 2.05 bits per heavy atom. The molecule has 3 nitrogen and oxygen atoms in total. The highest BCUT2D eigenvalue weighted by molar-refractivity contribution is 5.84. The second kappa shape index (κ2) is 5.21. The minimum atomic E-state index is 0.326. The zero-order chi connectivity index (χ0) is 13.9. The number of rotatable bonds is 3. The van der Waals surface area contributed by atoms with Crippen molar-refractivity contribution in [2.45, 2.75) is 13.5 Å². The van der Waals surface area contributed by atoms with Crippen molar-refractivity contribution >= 4 is 16.5 Å². The molecule has 0 aliphatic heterocycles. The summed E-state index contributed by atoms with van der Waals surface area (Å²) in [5, 5.41) is 15.3. The van der Waals surface area contributed by atoms with E-state index in [1.54, 1.807) is 6.07 Å². The average molecular weight is 264 g/mol. The van der Waals surface area contributed by atoms with Gasteiger partial charge in [-0.3, -0.25) is 4.98 Å². The van der Waals surface area contributed by atoms with Crippen LogP contribution in [-0.2, 0) is 6.54 Å². The number of aryl methyl sites for hydroxylation is 1. The molecule has 1 aromatic heterocycles. The number of hydrogen-bond acceptors (Lipinski definition) is 3. The number of aromatic nitrogens is 1. The SMILES string of the molecule is Cc1cc(NCc2cccc3cnccc23)ccc1O. The molecular formula is C17H16N2O. The van der Waals surface area contributed by atoms with Crippen LogP contribution in [-0.4, -0.2) is 10.1 Å². The van der Waals surface area contributed by atoms with E-state index in [-0.39, 0.29) is 0 Å². The molecular weight excluding hydrogens is 248 g/mol. The highest BCUT2D eigenvalue weighted by Gasteiger charge is 2.02. The number of phenolic OH excluding ortho intramolecular Hbond substituents is 1.